The quantitative estimate of drug-likeness (QED) is 0.772. The van der Waals surface area contributed by atoms with E-state index in [2.05, 4.69) is 24.3 Å². The van der Waals surface area contributed by atoms with Gasteiger partial charge < -0.3 is 9.47 Å². The highest BCUT2D eigenvalue weighted by Gasteiger charge is 2.05. The van der Waals surface area contributed by atoms with Gasteiger partial charge in [0.2, 0.25) is 0 Å². The van der Waals surface area contributed by atoms with Crippen LogP contribution in [0.3, 0.4) is 0 Å². The second kappa shape index (κ2) is 9.61. The molecular weight excluding hydrogens is 311 g/mol. The van der Waals surface area contributed by atoms with Gasteiger partial charge in [-0.25, -0.2) is 4.79 Å². The van der Waals surface area contributed by atoms with E-state index in [1.807, 2.05) is 32.0 Å². The lowest BCUT2D eigenvalue weighted by Gasteiger charge is -2.08. The zero-order valence-corrected chi connectivity index (χ0v) is 13.7. The second-order valence-corrected chi connectivity index (χ2v) is 4.71. The standard InChI is InChI=1S/C16H18O3.2ClH/c1-12(2)19-16(17)11-18-10-13-7-8-14-5-3-4-6-15(14)9-13;;/h3-9,12H,10-11H2,1-2H3;2*1H. The van der Waals surface area contributed by atoms with E-state index in [1.54, 1.807) is 0 Å². The fraction of sp³-hybridized carbons (Fsp3) is 0.312. The third kappa shape index (κ3) is 6.34. The molecule has 2 aromatic carbocycles. The Bertz CT molecular complexity index is 570. The van der Waals surface area contributed by atoms with Crippen molar-refractivity contribution in [3.8, 4) is 0 Å². The molecule has 116 valence electrons. The zero-order valence-electron chi connectivity index (χ0n) is 12.1. The molecule has 0 bridgehead atoms. The number of ether oxygens (including phenoxy) is 2. The summed E-state index contributed by atoms with van der Waals surface area (Å²) in [6.07, 6.45) is -0.100. The first-order valence-corrected chi connectivity index (χ1v) is 6.40. The van der Waals surface area contributed by atoms with Crippen LogP contribution < -0.4 is 0 Å². The number of halogens is 2. The topological polar surface area (TPSA) is 35.5 Å². The Kier molecular flexibility index (Phi) is 9.02. The van der Waals surface area contributed by atoms with Crippen LogP contribution in [0.2, 0.25) is 0 Å². The summed E-state index contributed by atoms with van der Waals surface area (Å²) in [7, 11) is 0. The molecule has 2 aromatic rings. The fourth-order valence-electron chi connectivity index (χ4n) is 1.88. The highest BCUT2D eigenvalue weighted by atomic mass is 35.5. The van der Waals surface area contributed by atoms with Gasteiger partial charge in [-0.15, -0.1) is 24.8 Å². The van der Waals surface area contributed by atoms with Gasteiger partial charge in [0.15, 0.2) is 0 Å². The highest BCUT2D eigenvalue weighted by molar-refractivity contribution is 5.85. The van der Waals surface area contributed by atoms with Gasteiger partial charge in [0.05, 0.1) is 12.7 Å². The van der Waals surface area contributed by atoms with Crippen LogP contribution in [0.4, 0.5) is 0 Å². The molecule has 0 atom stereocenters. The van der Waals surface area contributed by atoms with Crippen LogP contribution in [-0.2, 0) is 20.9 Å². The van der Waals surface area contributed by atoms with Crippen molar-refractivity contribution in [1.82, 2.24) is 0 Å². The van der Waals surface area contributed by atoms with E-state index >= 15 is 0 Å². The molecule has 0 saturated heterocycles. The maximum Gasteiger partial charge on any atom is 0.332 e. The molecule has 0 aromatic heterocycles. The van der Waals surface area contributed by atoms with Gasteiger partial charge in [-0.1, -0.05) is 36.4 Å². The average molecular weight is 331 g/mol. The largest absolute Gasteiger partial charge is 0.461 e. The molecule has 21 heavy (non-hydrogen) atoms. The van der Waals surface area contributed by atoms with Gasteiger partial charge in [0, 0.05) is 0 Å². The summed E-state index contributed by atoms with van der Waals surface area (Å²) in [5, 5.41) is 2.37. The molecule has 0 unspecified atom stereocenters. The molecule has 0 amide bonds. The third-order valence-corrected chi connectivity index (χ3v) is 2.67. The third-order valence-electron chi connectivity index (χ3n) is 2.67. The lowest BCUT2D eigenvalue weighted by molar-refractivity contribution is -0.153. The van der Waals surface area contributed by atoms with Crippen LogP contribution in [0.15, 0.2) is 42.5 Å². The molecule has 0 heterocycles. The monoisotopic (exact) mass is 330 g/mol. The van der Waals surface area contributed by atoms with Crippen LogP contribution >= 0.6 is 24.8 Å². The number of benzene rings is 2. The zero-order chi connectivity index (χ0) is 13.7. The van der Waals surface area contributed by atoms with Crippen molar-refractivity contribution in [3.63, 3.8) is 0 Å². The second-order valence-electron chi connectivity index (χ2n) is 4.71. The maximum atomic E-state index is 11.3. The number of rotatable bonds is 5. The molecule has 0 aliphatic carbocycles. The first-order valence-electron chi connectivity index (χ1n) is 6.40. The summed E-state index contributed by atoms with van der Waals surface area (Å²) in [6.45, 7) is 4.05. The number of carbonyl (C=O) groups is 1. The van der Waals surface area contributed by atoms with Crippen LogP contribution in [0.25, 0.3) is 10.8 Å². The van der Waals surface area contributed by atoms with Crippen LogP contribution in [0.5, 0.6) is 0 Å². The minimum absolute atomic E-state index is 0. The Morgan fingerprint density at radius 2 is 1.71 bits per heavy atom. The van der Waals surface area contributed by atoms with Crippen molar-refractivity contribution in [1.29, 1.82) is 0 Å². The first kappa shape index (κ1) is 19.7. The van der Waals surface area contributed by atoms with E-state index in [4.69, 9.17) is 9.47 Å². The normalized spacial score (nSPS) is 9.86. The van der Waals surface area contributed by atoms with E-state index in [0.717, 1.165) is 5.56 Å². The first-order chi connectivity index (χ1) is 9.15. The van der Waals surface area contributed by atoms with Crippen LogP contribution in [-0.4, -0.2) is 18.7 Å². The van der Waals surface area contributed by atoms with E-state index in [-0.39, 0.29) is 43.5 Å². The van der Waals surface area contributed by atoms with Crippen molar-refractivity contribution in [3.05, 3.63) is 48.0 Å². The Labute approximate surface area is 137 Å². The van der Waals surface area contributed by atoms with Gasteiger partial charge in [0.25, 0.3) is 0 Å². The van der Waals surface area contributed by atoms with E-state index in [9.17, 15) is 4.79 Å². The molecule has 3 nitrogen and oxygen atoms in total. The van der Waals surface area contributed by atoms with Gasteiger partial charge in [-0.3, -0.25) is 0 Å². The highest BCUT2D eigenvalue weighted by Crippen LogP contribution is 2.16. The molecule has 0 radical (unpaired) electrons. The lowest BCUT2D eigenvalue weighted by atomic mass is 10.1. The van der Waals surface area contributed by atoms with Gasteiger partial charge >= 0.3 is 5.97 Å². The predicted octanol–water partition coefficient (Wildman–Crippen LogP) is 4.15. The SMILES string of the molecule is CC(C)OC(=O)COCc1ccc2ccccc2c1.Cl.Cl. The number of hydrogen-bond acceptors (Lipinski definition) is 3. The van der Waals surface area contributed by atoms with Crippen molar-refractivity contribution in [2.24, 2.45) is 0 Å². The van der Waals surface area contributed by atoms with Gasteiger partial charge in [-0.2, -0.15) is 0 Å². The van der Waals surface area contributed by atoms with Crippen molar-refractivity contribution < 1.29 is 14.3 Å². The molecule has 2 rings (SSSR count). The average Bonchev–Trinajstić information content (AvgIpc) is 2.37. The summed E-state index contributed by atoms with van der Waals surface area (Å²) in [4.78, 5) is 11.3. The Morgan fingerprint density at radius 3 is 2.38 bits per heavy atom. The van der Waals surface area contributed by atoms with E-state index in [1.165, 1.54) is 10.8 Å². The van der Waals surface area contributed by atoms with Crippen molar-refractivity contribution in [2.75, 3.05) is 6.61 Å². The molecule has 5 heteroatoms. The number of esters is 1. The Balaban J connectivity index is 0.00000200. The minimum atomic E-state index is -0.323. The maximum absolute atomic E-state index is 11.3. The Morgan fingerprint density at radius 1 is 1.05 bits per heavy atom. The van der Waals surface area contributed by atoms with E-state index in [0.29, 0.717) is 6.61 Å². The summed E-state index contributed by atoms with van der Waals surface area (Å²) in [5.41, 5.74) is 1.05. The smallest absolute Gasteiger partial charge is 0.332 e. The number of hydrogen-bond donors (Lipinski definition) is 0. The Hall–Kier alpha value is -1.29. The summed E-state index contributed by atoms with van der Waals surface area (Å²) in [6, 6.07) is 14.3. The minimum Gasteiger partial charge on any atom is -0.461 e. The predicted molar refractivity (Wildman–Crippen MR) is 89.3 cm³/mol. The molecule has 0 aliphatic heterocycles. The fourth-order valence-corrected chi connectivity index (χ4v) is 1.88. The van der Waals surface area contributed by atoms with Crippen molar-refractivity contribution >= 4 is 41.6 Å². The molecular formula is C16H20Cl2O3. The lowest BCUT2D eigenvalue weighted by Crippen LogP contribution is -2.16. The number of carbonyl (C=O) groups excluding carboxylic acids is 1. The van der Waals surface area contributed by atoms with Crippen LogP contribution in [0.1, 0.15) is 19.4 Å². The van der Waals surface area contributed by atoms with Gasteiger partial charge in [0.1, 0.15) is 6.61 Å². The summed E-state index contributed by atoms with van der Waals surface area (Å²) >= 11 is 0. The van der Waals surface area contributed by atoms with E-state index < -0.39 is 0 Å². The van der Waals surface area contributed by atoms with Crippen molar-refractivity contribution in [2.45, 2.75) is 26.6 Å². The number of fused-ring (bicyclic) bond motifs is 1. The molecule has 0 saturated carbocycles. The summed E-state index contributed by atoms with van der Waals surface area (Å²) in [5.74, 6) is -0.323. The molecule has 0 aliphatic rings. The van der Waals surface area contributed by atoms with Gasteiger partial charge in [-0.05, 0) is 36.2 Å². The van der Waals surface area contributed by atoms with Crippen LogP contribution in [0, 0.1) is 0 Å². The molecule has 0 fully saturated rings. The summed E-state index contributed by atoms with van der Waals surface area (Å²) < 4.78 is 10.4. The molecule has 0 spiro atoms. The molecule has 0 N–H and O–H groups in total.